The Kier molecular flexibility index (Phi) is 8.91. The fourth-order valence-electron chi connectivity index (χ4n) is 8.27. The summed E-state index contributed by atoms with van der Waals surface area (Å²) in [6.07, 6.45) is 15.3. The highest BCUT2D eigenvalue weighted by Gasteiger charge is 2.63. The average Bonchev–Trinajstić information content (AvgIpc) is 3.20. The third-order valence-electron chi connectivity index (χ3n) is 10.8. The number of terminal acetylenes is 1. The Labute approximate surface area is 242 Å². The number of hydrogen-bond donors (Lipinski definition) is 5. The topological polar surface area (TPSA) is 158 Å². The summed E-state index contributed by atoms with van der Waals surface area (Å²) in [7, 11) is 0. The molecular weight excluding hydrogens is 526 g/mol. The normalized spacial score (nSPS) is 36.6. The molecule has 0 aromatic heterocycles. The zero-order valence-corrected chi connectivity index (χ0v) is 24.6. The van der Waals surface area contributed by atoms with Gasteiger partial charge in [-0.2, -0.15) is 0 Å². The van der Waals surface area contributed by atoms with Crippen LogP contribution in [-0.2, 0) is 19.2 Å². The van der Waals surface area contributed by atoms with Crippen molar-refractivity contribution in [3.63, 3.8) is 0 Å². The second-order valence-corrected chi connectivity index (χ2v) is 13.2. The number of oxime groups is 1. The van der Waals surface area contributed by atoms with E-state index in [1.165, 1.54) is 5.57 Å². The summed E-state index contributed by atoms with van der Waals surface area (Å²) in [4.78, 5) is 41.5. The van der Waals surface area contributed by atoms with Crippen molar-refractivity contribution in [1.29, 1.82) is 0 Å². The van der Waals surface area contributed by atoms with Gasteiger partial charge in [0.2, 0.25) is 5.91 Å². The SMILES string of the molecule is C#C[C@@]1(O)CC[C@@H]2[C@@H]3CCC4=C/C(=N\OCC(=O)N[C@@H](C(=O)N[C@@H](CO)C(=O)O)C(C)C)CC[C@]4(C)[C@@H]3CC[C@@]21C. The number of nitrogens with one attached hydrogen (secondary N) is 2. The number of carboxylic acid groups (broad SMARTS) is 1. The predicted molar refractivity (Wildman–Crippen MR) is 152 cm³/mol. The highest BCUT2D eigenvalue weighted by atomic mass is 16.6. The zero-order valence-electron chi connectivity index (χ0n) is 24.6. The number of nitrogens with zero attached hydrogens (tertiary/aromatic N) is 1. The highest BCUT2D eigenvalue weighted by Crippen LogP contribution is 2.67. The smallest absolute Gasteiger partial charge is 0.328 e. The maximum atomic E-state index is 12.5. The van der Waals surface area contributed by atoms with Gasteiger partial charge in [0.25, 0.3) is 5.91 Å². The number of aliphatic carboxylic acids is 1. The number of hydrogen-bond acceptors (Lipinski definition) is 7. The summed E-state index contributed by atoms with van der Waals surface area (Å²) in [5.41, 5.74) is 1.01. The van der Waals surface area contributed by atoms with Crippen LogP contribution in [0.25, 0.3) is 0 Å². The van der Waals surface area contributed by atoms with Gasteiger partial charge < -0.3 is 30.8 Å². The molecule has 4 rings (SSSR count). The van der Waals surface area contributed by atoms with E-state index in [2.05, 4.69) is 41.6 Å². The predicted octanol–water partition coefficient (Wildman–Crippen LogP) is 2.39. The third-order valence-corrected chi connectivity index (χ3v) is 10.8. The van der Waals surface area contributed by atoms with Gasteiger partial charge >= 0.3 is 5.97 Å². The van der Waals surface area contributed by atoms with E-state index >= 15 is 0 Å². The Balaban J connectivity index is 1.36. The standard InChI is InChI=1S/C31H45N3O7/c1-6-31(40)14-11-23-21-8-7-19-15-20(9-12-29(19,4)22(21)10-13-30(23,31)5)34-41-17-25(36)33-26(18(2)3)27(37)32-24(16-35)28(38)39/h1,15,18,21-24,26,35,40H,7-14,16-17H2,2-5H3,(H,32,37)(H,33,36)(H,38,39)/b34-20-/t21-,22-,23-,24+,26-,29+,30+,31-/m1/s1. The number of fused-ring (bicyclic) bond motifs is 5. The number of allylic oxidation sites excluding steroid dienone is 2. The van der Waals surface area contributed by atoms with Crippen LogP contribution in [0.4, 0.5) is 0 Å². The van der Waals surface area contributed by atoms with E-state index in [9.17, 15) is 19.5 Å². The number of aliphatic hydroxyl groups is 2. The molecule has 4 aliphatic rings. The lowest BCUT2D eigenvalue weighted by atomic mass is 9.46. The molecule has 0 heterocycles. The van der Waals surface area contributed by atoms with Gasteiger partial charge in [-0.15, -0.1) is 6.42 Å². The van der Waals surface area contributed by atoms with Crippen molar-refractivity contribution >= 4 is 23.5 Å². The van der Waals surface area contributed by atoms with Crippen molar-refractivity contribution in [3.05, 3.63) is 11.6 Å². The summed E-state index contributed by atoms with van der Waals surface area (Å²) in [5.74, 6) is 1.33. The summed E-state index contributed by atoms with van der Waals surface area (Å²) in [5, 5.41) is 38.5. The molecule has 226 valence electrons. The van der Waals surface area contributed by atoms with Crippen LogP contribution in [0.15, 0.2) is 16.8 Å². The van der Waals surface area contributed by atoms with Gasteiger partial charge in [-0.25, -0.2) is 4.79 Å². The quantitative estimate of drug-likeness (QED) is 0.210. The van der Waals surface area contributed by atoms with Crippen LogP contribution < -0.4 is 10.6 Å². The van der Waals surface area contributed by atoms with Crippen LogP contribution in [0.2, 0.25) is 0 Å². The fraction of sp³-hybridized carbons (Fsp3) is 0.742. The van der Waals surface area contributed by atoms with Crippen LogP contribution in [0.1, 0.15) is 79.1 Å². The van der Waals surface area contributed by atoms with Crippen LogP contribution in [0.5, 0.6) is 0 Å². The third kappa shape index (κ3) is 5.63. The first-order valence-corrected chi connectivity index (χ1v) is 14.8. The maximum absolute atomic E-state index is 12.5. The van der Waals surface area contributed by atoms with Gasteiger partial charge in [0.15, 0.2) is 6.61 Å². The van der Waals surface area contributed by atoms with Gasteiger partial charge in [-0.1, -0.05) is 44.3 Å². The van der Waals surface area contributed by atoms with Gasteiger partial charge in [0.1, 0.15) is 17.7 Å². The molecular formula is C31H45N3O7. The van der Waals surface area contributed by atoms with Crippen molar-refractivity contribution < 1.29 is 34.5 Å². The monoisotopic (exact) mass is 571 g/mol. The van der Waals surface area contributed by atoms with Crippen molar-refractivity contribution in [1.82, 2.24) is 10.6 Å². The Morgan fingerprint density at radius 3 is 2.46 bits per heavy atom. The maximum Gasteiger partial charge on any atom is 0.328 e. The second-order valence-electron chi connectivity index (χ2n) is 13.2. The molecule has 10 heteroatoms. The molecule has 0 radical (unpaired) electrons. The molecule has 0 bridgehead atoms. The van der Waals surface area contributed by atoms with E-state index in [1.54, 1.807) is 13.8 Å². The number of carbonyl (C=O) groups excluding carboxylic acids is 2. The van der Waals surface area contributed by atoms with Crippen LogP contribution >= 0.6 is 0 Å². The minimum Gasteiger partial charge on any atom is -0.480 e. The Morgan fingerprint density at radius 1 is 1.12 bits per heavy atom. The molecule has 0 spiro atoms. The fourth-order valence-corrected chi connectivity index (χ4v) is 8.27. The van der Waals surface area contributed by atoms with Crippen molar-refractivity contribution in [2.45, 2.75) is 96.7 Å². The second kappa shape index (κ2) is 11.8. The number of aliphatic hydroxyl groups excluding tert-OH is 1. The first-order valence-electron chi connectivity index (χ1n) is 14.8. The number of carboxylic acids is 1. The first-order chi connectivity index (χ1) is 19.3. The summed E-state index contributed by atoms with van der Waals surface area (Å²) in [6, 6.07) is -2.44. The molecule has 8 atom stereocenters. The van der Waals surface area contributed by atoms with E-state index < -0.39 is 42.1 Å². The molecule has 3 saturated carbocycles. The molecule has 0 aliphatic heterocycles. The van der Waals surface area contributed by atoms with Crippen LogP contribution in [0.3, 0.4) is 0 Å². The lowest BCUT2D eigenvalue weighted by molar-refractivity contribution is -0.143. The molecule has 5 N–H and O–H groups in total. The molecule has 2 amide bonds. The van der Waals surface area contributed by atoms with Gasteiger partial charge in [0.05, 0.1) is 12.3 Å². The van der Waals surface area contributed by atoms with Gasteiger partial charge in [-0.05, 0) is 86.5 Å². The lowest BCUT2D eigenvalue weighted by Crippen LogP contribution is -2.55. The van der Waals surface area contributed by atoms with E-state index in [4.69, 9.17) is 21.5 Å². The van der Waals surface area contributed by atoms with E-state index in [0.717, 1.165) is 50.7 Å². The minimum atomic E-state index is -1.45. The number of rotatable bonds is 9. The van der Waals surface area contributed by atoms with E-state index in [0.29, 0.717) is 24.2 Å². The molecule has 0 aromatic rings. The molecule has 0 aromatic carbocycles. The Morgan fingerprint density at radius 2 is 1.83 bits per heavy atom. The molecule has 4 aliphatic carbocycles. The van der Waals surface area contributed by atoms with Crippen LogP contribution in [-0.4, -0.2) is 69.7 Å². The lowest BCUT2D eigenvalue weighted by Gasteiger charge is -2.58. The van der Waals surface area contributed by atoms with Gasteiger partial charge in [-0.3, -0.25) is 9.59 Å². The van der Waals surface area contributed by atoms with Crippen molar-refractivity contribution in [2.24, 2.45) is 39.7 Å². The molecule has 10 nitrogen and oxygen atoms in total. The minimum absolute atomic E-state index is 0.0672. The summed E-state index contributed by atoms with van der Waals surface area (Å²) < 4.78 is 0. The largest absolute Gasteiger partial charge is 0.480 e. The average molecular weight is 572 g/mol. The van der Waals surface area contributed by atoms with E-state index in [-0.39, 0.29) is 23.4 Å². The van der Waals surface area contributed by atoms with Gasteiger partial charge in [0, 0.05) is 5.41 Å². The number of amides is 2. The summed E-state index contributed by atoms with van der Waals surface area (Å²) >= 11 is 0. The molecule has 41 heavy (non-hydrogen) atoms. The molecule has 3 fully saturated rings. The van der Waals surface area contributed by atoms with Crippen LogP contribution in [0, 0.1) is 46.8 Å². The Hall–Kier alpha value is -2.90. The molecule has 0 unspecified atom stereocenters. The zero-order chi connectivity index (χ0) is 30.2. The number of carbonyl (C=O) groups is 3. The van der Waals surface area contributed by atoms with Crippen molar-refractivity contribution in [2.75, 3.05) is 13.2 Å². The molecule has 0 saturated heterocycles. The van der Waals surface area contributed by atoms with Crippen molar-refractivity contribution in [3.8, 4) is 12.3 Å². The first kappa shape index (κ1) is 31.0. The summed E-state index contributed by atoms with van der Waals surface area (Å²) in [6.45, 7) is 6.86. The highest BCUT2D eigenvalue weighted by molar-refractivity contribution is 5.96. The Bertz CT molecular complexity index is 1160. The van der Waals surface area contributed by atoms with E-state index in [1.807, 2.05) is 0 Å².